The molecule has 0 aliphatic rings. The highest BCUT2D eigenvalue weighted by Crippen LogP contribution is 2.07. The maximum atomic E-state index is 4.18. The first-order valence-corrected chi connectivity index (χ1v) is 5.23. The van der Waals surface area contributed by atoms with Crippen LogP contribution in [0.25, 0.3) is 0 Å². The zero-order valence-electron chi connectivity index (χ0n) is 8.71. The molecule has 0 unspecified atom stereocenters. The molecule has 0 aliphatic heterocycles. The summed E-state index contributed by atoms with van der Waals surface area (Å²) in [6.45, 7) is 4.34. The van der Waals surface area contributed by atoms with Gasteiger partial charge in [-0.05, 0) is 30.9 Å². The van der Waals surface area contributed by atoms with Crippen LogP contribution in [0.15, 0.2) is 18.5 Å². The van der Waals surface area contributed by atoms with Crippen molar-refractivity contribution in [3.8, 4) is 0 Å². The average Bonchev–Trinajstić information content (AvgIpc) is 2.13. The Labute approximate surface area is 81.2 Å². The highest BCUT2D eigenvalue weighted by atomic mass is 14.6. The Morgan fingerprint density at radius 3 is 2.69 bits per heavy atom. The standard InChI is InChI=1S/C12H19N/c1-3-4-5-6-7-12-8-11(2)9-13-10-12/h8-10H,3-7H2,1-2H3. The van der Waals surface area contributed by atoms with E-state index in [9.17, 15) is 0 Å². The summed E-state index contributed by atoms with van der Waals surface area (Å²) in [4.78, 5) is 4.18. The molecular formula is C12H19N. The van der Waals surface area contributed by atoms with Gasteiger partial charge in [-0.2, -0.15) is 0 Å². The molecule has 72 valence electrons. The van der Waals surface area contributed by atoms with Crippen LogP contribution in [-0.4, -0.2) is 4.98 Å². The first-order valence-electron chi connectivity index (χ1n) is 5.23. The summed E-state index contributed by atoms with van der Waals surface area (Å²) in [5.74, 6) is 0. The van der Waals surface area contributed by atoms with Crippen molar-refractivity contribution in [2.45, 2.75) is 46.0 Å². The van der Waals surface area contributed by atoms with Gasteiger partial charge in [-0.3, -0.25) is 4.98 Å². The fourth-order valence-electron chi connectivity index (χ4n) is 1.51. The summed E-state index contributed by atoms with van der Waals surface area (Å²) < 4.78 is 0. The van der Waals surface area contributed by atoms with E-state index in [1.807, 2.05) is 12.4 Å². The normalized spacial score (nSPS) is 10.3. The highest BCUT2D eigenvalue weighted by Gasteiger charge is 1.93. The van der Waals surface area contributed by atoms with Gasteiger partial charge in [0.2, 0.25) is 0 Å². The van der Waals surface area contributed by atoms with Crippen LogP contribution in [-0.2, 0) is 6.42 Å². The van der Waals surface area contributed by atoms with Crippen LogP contribution < -0.4 is 0 Å². The molecule has 0 amide bonds. The molecule has 0 spiro atoms. The van der Waals surface area contributed by atoms with Gasteiger partial charge in [0.15, 0.2) is 0 Å². The molecule has 1 nitrogen and oxygen atoms in total. The Morgan fingerprint density at radius 2 is 2.00 bits per heavy atom. The molecular weight excluding hydrogens is 158 g/mol. The van der Waals surface area contributed by atoms with Crippen molar-refractivity contribution in [3.63, 3.8) is 0 Å². The average molecular weight is 177 g/mol. The number of rotatable bonds is 5. The van der Waals surface area contributed by atoms with E-state index < -0.39 is 0 Å². The van der Waals surface area contributed by atoms with E-state index in [2.05, 4.69) is 24.9 Å². The van der Waals surface area contributed by atoms with E-state index in [-0.39, 0.29) is 0 Å². The minimum absolute atomic E-state index is 1.19. The first-order chi connectivity index (χ1) is 6.33. The second-order valence-electron chi connectivity index (χ2n) is 3.68. The molecule has 13 heavy (non-hydrogen) atoms. The Morgan fingerprint density at radius 1 is 1.15 bits per heavy atom. The summed E-state index contributed by atoms with van der Waals surface area (Å²) >= 11 is 0. The molecule has 0 saturated carbocycles. The lowest BCUT2D eigenvalue weighted by atomic mass is 10.1. The van der Waals surface area contributed by atoms with Crippen molar-refractivity contribution >= 4 is 0 Å². The predicted octanol–water partition coefficient (Wildman–Crippen LogP) is 3.51. The number of unbranched alkanes of at least 4 members (excludes halogenated alkanes) is 3. The molecule has 0 radical (unpaired) electrons. The molecule has 1 heterocycles. The summed E-state index contributed by atoms with van der Waals surface area (Å²) in [6, 6.07) is 2.24. The zero-order chi connectivity index (χ0) is 9.52. The van der Waals surface area contributed by atoms with Gasteiger partial charge in [0.1, 0.15) is 0 Å². The van der Waals surface area contributed by atoms with E-state index in [1.54, 1.807) is 0 Å². The van der Waals surface area contributed by atoms with E-state index in [4.69, 9.17) is 0 Å². The molecule has 1 rings (SSSR count). The number of hydrogen-bond acceptors (Lipinski definition) is 1. The molecule has 0 bridgehead atoms. The molecule has 0 aliphatic carbocycles. The molecule has 0 fully saturated rings. The van der Waals surface area contributed by atoms with Crippen molar-refractivity contribution in [2.24, 2.45) is 0 Å². The minimum Gasteiger partial charge on any atom is -0.264 e. The molecule has 1 aromatic heterocycles. The number of aryl methyl sites for hydroxylation is 2. The van der Waals surface area contributed by atoms with Gasteiger partial charge in [0.05, 0.1) is 0 Å². The third-order valence-corrected chi connectivity index (χ3v) is 2.25. The Balaban J connectivity index is 2.28. The molecule has 0 N–H and O–H groups in total. The second kappa shape index (κ2) is 5.74. The van der Waals surface area contributed by atoms with Gasteiger partial charge < -0.3 is 0 Å². The van der Waals surface area contributed by atoms with Crippen molar-refractivity contribution in [1.29, 1.82) is 0 Å². The van der Waals surface area contributed by atoms with E-state index in [0.717, 1.165) is 0 Å². The largest absolute Gasteiger partial charge is 0.264 e. The van der Waals surface area contributed by atoms with Gasteiger partial charge in [-0.15, -0.1) is 0 Å². The maximum Gasteiger partial charge on any atom is 0.0300 e. The summed E-state index contributed by atoms with van der Waals surface area (Å²) in [7, 11) is 0. The van der Waals surface area contributed by atoms with Gasteiger partial charge >= 0.3 is 0 Å². The Kier molecular flexibility index (Phi) is 4.52. The maximum absolute atomic E-state index is 4.18. The number of pyridine rings is 1. The lowest BCUT2D eigenvalue weighted by molar-refractivity contribution is 0.666. The number of hydrogen-bond donors (Lipinski definition) is 0. The predicted molar refractivity (Wildman–Crippen MR) is 56.8 cm³/mol. The fourth-order valence-corrected chi connectivity index (χ4v) is 1.51. The smallest absolute Gasteiger partial charge is 0.0300 e. The van der Waals surface area contributed by atoms with Gasteiger partial charge in [-0.1, -0.05) is 32.3 Å². The topological polar surface area (TPSA) is 12.9 Å². The first kappa shape index (κ1) is 10.2. The van der Waals surface area contributed by atoms with E-state index in [0.29, 0.717) is 0 Å². The third kappa shape index (κ3) is 4.07. The van der Waals surface area contributed by atoms with Crippen molar-refractivity contribution in [1.82, 2.24) is 4.98 Å². The van der Waals surface area contributed by atoms with Crippen LogP contribution in [0.4, 0.5) is 0 Å². The Hall–Kier alpha value is -0.850. The molecule has 0 aromatic carbocycles. The SMILES string of the molecule is CCCCCCc1cncc(C)c1. The van der Waals surface area contributed by atoms with Crippen LogP contribution in [0, 0.1) is 6.92 Å². The zero-order valence-corrected chi connectivity index (χ0v) is 8.71. The van der Waals surface area contributed by atoms with Crippen molar-refractivity contribution in [2.75, 3.05) is 0 Å². The van der Waals surface area contributed by atoms with E-state index >= 15 is 0 Å². The number of aromatic nitrogens is 1. The lowest BCUT2D eigenvalue weighted by Crippen LogP contribution is -1.88. The highest BCUT2D eigenvalue weighted by molar-refractivity contribution is 5.16. The van der Waals surface area contributed by atoms with Gasteiger partial charge in [0.25, 0.3) is 0 Å². The van der Waals surface area contributed by atoms with Crippen LogP contribution in [0.2, 0.25) is 0 Å². The summed E-state index contributed by atoms with van der Waals surface area (Å²) in [5.41, 5.74) is 2.66. The van der Waals surface area contributed by atoms with Crippen molar-refractivity contribution < 1.29 is 0 Å². The molecule has 1 aromatic rings. The quantitative estimate of drug-likeness (QED) is 0.627. The van der Waals surface area contributed by atoms with E-state index in [1.165, 1.54) is 43.2 Å². The van der Waals surface area contributed by atoms with Crippen LogP contribution in [0.1, 0.15) is 43.7 Å². The minimum atomic E-state index is 1.19. The van der Waals surface area contributed by atoms with Crippen LogP contribution in [0.3, 0.4) is 0 Å². The summed E-state index contributed by atoms with van der Waals surface area (Å²) in [5, 5.41) is 0. The molecule has 1 heteroatoms. The van der Waals surface area contributed by atoms with Crippen LogP contribution in [0.5, 0.6) is 0 Å². The fraction of sp³-hybridized carbons (Fsp3) is 0.583. The van der Waals surface area contributed by atoms with Crippen LogP contribution >= 0.6 is 0 Å². The lowest BCUT2D eigenvalue weighted by Gasteiger charge is -2.01. The summed E-state index contributed by atoms with van der Waals surface area (Å²) in [6.07, 6.45) is 10.4. The van der Waals surface area contributed by atoms with Crippen molar-refractivity contribution in [3.05, 3.63) is 29.6 Å². The molecule has 0 saturated heterocycles. The Bertz CT molecular complexity index is 243. The monoisotopic (exact) mass is 177 g/mol. The second-order valence-corrected chi connectivity index (χ2v) is 3.68. The van der Waals surface area contributed by atoms with Gasteiger partial charge in [0, 0.05) is 12.4 Å². The molecule has 0 atom stereocenters. The third-order valence-electron chi connectivity index (χ3n) is 2.25. The van der Waals surface area contributed by atoms with Gasteiger partial charge in [-0.25, -0.2) is 0 Å². The number of nitrogens with zero attached hydrogens (tertiary/aromatic N) is 1.